The first-order valence-electron chi connectivity index (χ1n) is 7.25. The Morgan fingerprint density at radius 3 is 1.80 bits per heavy atom. The van der Waals surface area contributed by atoms with E-state index in [2.05, 4.69) is 5.32 Å². The van der Waals surface area contributed by atoms with Gasteiger partial charge in [0.2, 0.25) is 5.91 Å². The minimum atomic E-state index is -5.05. The zero-order valence-electron chi connectivity index (χ0n) is 13.4. The normalized spacial score (nSPS) is 12.0. The lowest BCUT2D eigenvalue weighted by Gasteiger charge is -2.21. The molecule has 0 heterocycles. The van der Waals surface area contributed by atoms with Crippen molar-refractivity contribution in [2.45, 2.75) is 26.2 Å². The highest BCUT2D eigenvalue weighted by molar-refractivity contribution is 5.97. The summed E-state index contributed by atoms with van der Waals surface area (Å²) >= 11 is 0. The molecule has 0 unspecified atom stereocenters. The van der Waals surface area contributed by atoms with E-state index in [-0.39, 0.29) is 19.2 Å². The highest BCUT2D eigenvalue weighted by Crippen LogP contribution is 2.36. The number of alkyl halides is 6. The van der Waals surface area contributed by atoms with Gasteiger partial charge in [0, 0.05) is 18.7 Å². The first-order chi connectivity index (χ1) is 11.4. The molecule has 0 saturated carbocycles. The molecule has 1 rings (SSSR count). The number of hydrogen-bond donors (Lipinski definition) is 1. The minimum absolute atomic E-state index is 0.0587. The van der Waals surface area contributed by atoms with Crippen molar-refractivity contribution in [2.24, 2.45) is 0 Å². The fourth-order valence-electron chi connectivity index (χ4n) is 2.01. The Morgan fingerprint density at radius 1 is 0.960 bits per heavy atom. The SMILES string of the molecule is CCNC(=O)CN(CC)C(=O)c1cc(C(F)(F)F)cc(C(F)(F)F)c1. The van der Waals surface area contributed by atoms with E-state index in [1.54, 1.807) is 6.92 Å². The molecule has 1 aromatic rings. The molecule has 0 aromatic heterocycles. The summed E-state index contributed by atoms with van der Waals surface area (Å²) in [6.07, 6.45) is -10.1. The van der Waals surface area contributed by atoms with Gasteiger partial charge >= 0.3 is 12.4 Å². The number of likely N-dealkylation sites (N-methyl/N-ethyl adjacent to an activating group) is 2. The van der Waals surface area contributed by atoms with E-state index in [9.17, 15) is 35.9 Å². The predicted molar refractivity (Wildman–Crippen MR) is 76.7 cm³/mol. The lowest BCUT2D eigenvalue weighted by Crippen LogP contribution is -2.40. The zero-order valence-corrected chi connectivity index (χ0v) is 13.4. The van der Waals surface area contributed by atoms with Gasteiger partial charge in [0.1, 0.15) is 0 Å². The summed E-state index contributed by atoms with van der Waals surface area (Å²) in [7, 11) is 0. The Labute approximate surface area is 139 Å². The molecule has 1 aromatic carbocycles. The average molecular weight is 370 g/mol. The van der Waals surface area contributed by atoms with Crippen molar-refractivity contribution < 1.29 is 35.9 Å². The van der Waals surface area contributed by atoms with E-state index in [1.807, 2.05) is 0 Å². The minimum Gasteiger partial charge on any atom is -0.355 e. The fourth-order valence-corrected chi connectivity index (χ4v) is 2.01. The second-order valence-corrected chi connectivity index (χ2v) is 5.07. The van der Waals surface area contributed by atoms with Gasteiger partial charge in [-0.25, -0.2) is 0 Å². The highest BCUT2D eigenvalue weighted by atomic mass is 19.4. The lowest BCUT2D eigenvalue weighted by molar-refractivity contribution is -0.143. The van der Waals surface area contributed by atoms with Crippen LogP contribution < -0.4 is 5.32 Å². The van der Waals surface area contributed by atoms with Crippen LogP contribution in [0.15, 0.2) is 18.2 Å². The van der Waals surface area contributed by atoms with Crippen LogP contribution in [0.4, 0.5) is 26.3 Å². The maximum absolute atomic E-state index is 12.8. The molecule has 25 heavy (non-hydrogen) atoms. The Hall–Kier alpha value is -2.26. The number of hydrogen-bond acceptors (Lipinski definition) is 2. The number of nitrogens with one attached hydrogen (secondary N) is 1. The summed E-state index contributed by atoms with van der Waals surface area (Å²) in [5, 5.41) is 2.40. The van der Waals surface area contributed by atoms with Gasteiger partial charge in [-0.15, -0.1) is 0 Å². The Kier molecular flexibility index (Phi) is 6.44. The number of amides is 2. The molecule has 0 fully saturated rings. The summed E-state index contributed by atoms with van der Waals surface area (Å²) in [6.45, 7) is 2.81. The summed E-state index contributed by atoms with van der Waals surface area (Å²) < 4.78 is 77.0. The van der Waals surface area contributed by atoms with Gasteiger partial charge in [-0.05, 0) is 32.0 Å². The quantitative estimate of drug-likeness (QED) is 0.809. The molecule has 1 N–H and O–H groups in total. The molecule has 0 aliphatic rings. The molecular weight excluding hydrogens is 354 g/mol. The maximum atomic E-state index is 12.8. The third kappa shape index (κ3) is 5.64. The second kappa shape index (κ2) is 7.75. The van der Waals surface area contributed by atoms with Gasteiger partial charge in [0.05, 0.1) is 17.7 Å². The Morgan fingerprint density at radius 2 is 1.44 bits per heavy atom. The number of carbonyl (C=O) groups is 2. The molecule has 0 bridgehead atoms. The molecule has 0 radical (unpaired) electrons. The third-order valence-corrected chi connectivity index (χ3v) is 3.21. The molecule has 4 nitrogen and oxygen atoms in total. The van der Waals surface area contributed by atoms with Crippen molar-refractivity contribution in [3.05, 3.63) is 34.9 Å². The van der Waals surface area contributed by atoms with Crippen molar-refractivity contribution in [2.75, 3.05) is 19.6 Å². The molecule has 0 aliphatic heterocycles. The molecule has 0 saturated heterocycles. The lowest BCUT2D eigenvalue weighted by atomic mass is 10.0. The number of benzene rings is 1. The van der Waals surface area contributed by atoms with E-state index in [4.69, 9.17) is 0 Å². The van der Waals surface area contributed by atoms with Crippen LogP contribution in [0, 0.1) is 0 Å². The average Bonchev–Trinajstić information content (AvgIpc) is 2.50. The van der Waals surface area contributed by atoms with E-state index < -0.39 is 47.4 Å². The van der Waals surface area contributed by atoms with E-state index in [1.165, 1.54) is 6.92 Å². The van der Waals surface area contributed by atoms with Gasteiger partial charge in [-0.1, -0.05) is 0 Å². The van der Waals surface area contributed by atoms with E-state index in [0.717, 1.165) is 4.90 Å². The standard InChI is InChI=1S/C15H16F6N2O2/c1-3-22-12(24)8-23(4-2)13(25)9-5-10(14(16,17)18)7-11(6-9)15(19,20)21/h5-7H,3-4,8H2,1-2H3,(H,22,24). The van der Waals surface area contributed by atoms with Crippen LogP contribution in [0.2, 0.25) is 0 Å². The van der Waals surface area contributed by atoms with Crippen molar-refractivity contribution in [1.82, 2.24) is 10.2 Å². The van der Waals surface area contributed by atoms with Crippen molar-refractivity contribution >= 4 is 11.8 Å². The van der Waals surface area contributed by atoms with Crippen LogP contribution in [0.3, 0.4) is 0 Å². The second-order valence-electron chi connectivity index (χ2n) is 5.07. The number of halogens is 6. The summed E-state index contributed by atoms with van der Waals surface area (Å²) in [6, 6.07) is 0.632. The third-order valence-electron chi connectivity index (χ3n) is 3.21. The largest absolute Gasteiger partial charge is 0.416 e. The van der Waals surface area contributed by atoms with E-state index >= 15 is 0 Å². The molecule has 0 atom stereocenters. The highest BCUT2D eigenvalue weighted by Gasteiger charge is 2.37. The molecule has 0 aliphatic carbocycles. The molecule has 140 valence electrons. The zero-order chi connectivity index (χ0) is 19.4. The smallest absolute Gasteiger partial charge is 0.355 e. The Balaban J connectivity index is 3.29. The fraction of sp³-hybridized carbons (Fsp3) is 0.467. The molecule has 10 heteroatoms. The van der Waals surface area contributed by atoms with Crippen LogP contribution in [-0.2, 0) is 17.1 Å². The van der Waals surface area contributed by atoms with Crippen LogP contribution in [-0.4, -0.2) is 36.3 Å². The molecular formula is C15H16F6N2O2. The van der Waals surface area contributed by atoms with Gasteiger partial charge < -0.3 is 10.2 Å². The van der Waals surface area contributed by atoms with Gasteiger partial charge in [-0.2, -0.15) is 26.3 Å². The van der Waals surface area contributed by atoms with Crippen molar-refractivity contribution in [1.29, 1.82) is 0 Å². The Bertz CT molecular complexity index is 608. The first-order valence-corrected chi connectivity index (χ1v) is 7.25. The van der Waals surface area contributed by atoms with Crippen LogP contribution in [0.25, 0.3) is 0 Å². The maximum Gasteiger partial charge on any atom is 0.416 e. The van der Waals surface area contributed by atoms with Crippen LogP contribution in [0.5, 0.6) is 0 Å². The summed E-state index contributed by atoms with van der Waals surface area (Å²) in [5.74, 6) is -1.66. The van der Waals surface area contributed by atoms with Crippen molar-refractivity contribution in [3.8, 4) is 0 Å². The van der Waals surface area contributed by atoms with Crippen LogP contribution >= 0.6 is 0 Å². The predicted octanol–water partition coefficient (Wildman–Crippen LogP) is 3.32. The first kappa shape index (κ1) is 20.8. The van der Waals surface area contributed by atoms with Crippen LogP contribution in [0.1, 0.15) is 35.3 Å². The van der Waals surface area contributed by atoms with Gasteiger partial charge in [0.15, 0.2) is 0 Å². The monoisotopic (exact) mass is 370 g/mol. The van der Waals surface area contributed by atoms with E-state index in [0.29, 0.717) is 12.1 Å². The summed E-state index contributed by atoms with van der Waals surface area (Å²) in [5.41, 5.74) is -3.95. The number of carbonyl (C=O) groups excluding carboxylic acids is 2. The molecule has 0 spiro atoms. The topological polar surface area (TPSA) is 49.4 Å². The summed E-state index contributed by atoms with van der Waals surface area (Å²) in [4.78, 5) is 24.7. The van der Waals surface area contributed by atoms with Crippen molar-refractivity contribution in [3.63, 3.8) is 0 Å². The van der Waals surface area contributed by atoms with Gasteiger partial charge in [0.25, 0.3) is 5.91 Å². The van der Waals surface area contributed by atoms with Gasteiger partial charge in [-0.3, -0.25) is 9.59 Å². The number of rotatable bonds is 5. The number of nitrogens with zero attached hydrogens (tertiary/aromatic N) is 1. The molecule has 2 amide bonds.